The van der Waals surface area contributed by atoms with Gasteiger partial charge in [-0.2, -0.15) is 13.2 Å². The third-order valence-electron chi connectivity index (χ3n) is 5.79. The molecule has 2 aliphatic rings. The van der Waals surface area contributed by atoms with Crippen molar-refractivity contribution in [3.63, 3.8) is 0 Å². The number of H-pyrrole nitrogens is 1. The number of nitrogens with one attached hydrogen (secondary N) is 3. The number of rotatable bonds is 4. The molecule has 0 aliphatic carbocycles. The lowest BCUT2D eigenvalue weighted by atomic mass is 9.73. The summed E-state index contributed by atoms with van der Waals surface area (Å²) in [5.74, 6) is 0.564. The average molecular weight is 465 g/mol. The maximum absolute atomic E-state index is 12.5. The van der Waals surface area contributed by atoms with E-state index in [1.165, 1.54) is 11.1 Å². The number of alkyl halides is 3. The number of hydrogen-bond acceptors (Lipinski definition) is 4. The Kier molecular flexibility index (Phi) is 4.94. The Morgan fingerprint density at radius 1 is 1.19 bits per heavy atom. The fourth-order valence-corrected chi connectivity index (χ4v) is 4.86. The Bertz CT molecular complexity index is 1170. The first-order valence-electron chi connectivity index (χ1n) is 10.0. The van der Waals surface area contributed by atoms with Crippen LogP contribution in [-0.2, 0) is 0 Å². The first kappa shape index (κ1) is 20.9. The summed E-state index contributed by atoms with van der Waals surface area (Å²) in [4.78, 5) is 23.2. The van der Waals surface area contributed by atoms with E-state index in [1.54, 1.807) is 12.3 Å². The number of urea groups is 1. The molecule has 3 aromatic rings. The highest BCUT2D eigenvalue weighted by atomic mass is 35.5. The maximum atomic E-state index is 12.5. The van der Waals surface area contributed by atoms with Crippen LogP contribution in [0.25, 0.3) is 10.9 Å². The van der Waals surface area contributed by atoms with Crippen LogP contribution in [-0.4, -0.2) is 59.8 Å². The van der Waals surface area contributed by atoms with Crippen molar-refractivity contribution in [3.8, 4) is 0 Å². The first-order chi connectivity index (χ1) is 15.2. The monoisotopic (exact) mass is 464 g/mol. The van der Waals surface area contributed by atoms with Crippen LogP contribution in [0.4, 0.5) is 35.2 Å². The van der Waals surface area contributed by atoms with Gasteiger partial charge in [-0.3, -0.25) is 4.90 Å². The number of anilines is 3. The van der Waals surface area contributed by atoms with Crippen LogP contribution in [0.3, 0.4) is 0 Å². The van der Waals surface area contributed by atoms with Crippen molar-refractivity contribution in [1.29, 1.82) is 0 Å². The normalized spacial score (nSPS) is 17.8. The van der Waals surface area contributed by atoms with Gasteiger partial charge in [0.15, 0.2) is 0 Å². The fourth-order valence-electron chi connectivity index (χ4n) is 4.57. The van der Waals surface area contributed by atoms with Gasteiger partial charge in [0.05, 0.1) is 29.1 Å². The topological polar surface area (TPSA) is 76.3 Å². The number of halogens is 4. The number of likely N-dealkylation sites (tertiary alicyclic amines) is 1. The van der Waals surface area contributed by atoms with Crippen molar-refractivity contribution >= 4 is 45.7 Å². The van der Waals surface area contributed by atoms with E-state index in [4.69, 9.17) is 11.6 Å². The molecule has 2 aliphatic heterocycles. The predicted molar refractivity (Wildman–Crippen MR) is 117 cm³/mol. The lowest BCUT2D eigenvalue weighted by Gasteiger charge is -2.60. The van der Waals surface area contributed by atoms with E-state index < -0.39 is 18.8 Å². The molecule has 168 valence electrons. The Balaban J connectivity index is 1.16. The quantitative estimate of drug-likeness (QED) is 0.529. The van der Waals surface area contributed by atoms with E-state index in [1.807, 2.05) is 29.2 Å². The molecule has 2 aromatic heterocycles. The van der Waals surface area contributed by atoms with Crippen molar-refractivity contribution in [2.75, 3.05) is 48.3 Å². The summed E-state index contributed by atoms with van der Waals surface area (Å²) in [7, 11) is 0. The first-order valence-corrected chi connectivity index (χ1v) is 10.4. The molecule has 4 heterocycles. The van der Waals surface area contributed by atoms with Crippen LogP contribution in [0.15, 0.2) is 42.7 Å². The van der Waals surface area contributed by atoms with E-state index in [9.17, 15) is 18.0 Å². The third-order valence-corrected chi connectivity index (χ3v) is 6.07. The zero-order chi connectivity index (χ0) is 22.5. The molecule has 0 unspecified atom stereocenters. The van der Waals surface area contributed by atoms with Crippen LogP contribution in [0.5, 0.6) is 0 Å². The SMILES string of the molecule is O=C(Nc1cnc(N2CC3(CN(CC(F)(F)F)C3)C2)c(Cl)c1)Nc1c[nH]c2ccccc12. The van der Waals surface area contributed by atoms with E-state index >= 15 is 0 Å². The second kappa shape index (κ2) is 7.56. The van der Waals surface area contributed by atoms with Crippen LogP contribution in [0, 0.1) is 5.41 Å². The summed E-state index contributed by atoms with van der Waals surface area (Å²) in [6.45, 7) is 1.21. The molecule has 32 heavy (non-hydrogen) atoms. The Morgan fingerprint density at radius 2 is 1.94 bits per heavy atom. The molecule has 2 fully saturated rings. The summed E-state index contributed by atoms with van der Waals surface area (Å²) in [5.41, 5.74) is 1.88. The number of fused-ring (bicyclic) bond motifs is 1. The Hall–Kier alpha value is -2.98. The van der Waals surface area contributed by atoms with Gasteiger partial charge in [0, 0.05) is 48.7 Å². The number of carbonyl (C=O) groups is 1. The van der Waals surface area contributed by atoms with Gasteiger partial charge in [-0.1, -0.05) is 29.8 Å². The van der Waals surface area contributed by atoms with Crippen molar-refractivity contribution in [1.82, 2.24) is 14.9 Å². The molecule has 0 bridgehead atoms. The van der Waals surface area contributed by atoms with Crippen LogP contribution in [0.1, 0.15) is 0 Å². The summed E-state index contributed by atoms with van der Waals surface area (Å²) >= 11 is 6.37. The summed E-state index contributed by atoms with van der Waals surface area (Å²) in [5, 5.41) is 6.77. The van der Waals surface area contributed by atoms with Gasteiger partial charge in [0.2, 0.25) is 0 Å². The second-order valence-corrected chi connectivity index (χ2v) is 8.88. The van der Waals surface area contributed by atoms with Gasteiger partial charge in [-0.05, 0) is 12.1 Å². The van der Waals surface area contributed by atoms with Gasteiger partial charge >= 0.3 is 12.2 Å². The molecule has 3 N–H and O–H groups in total. The number of amides is 2. The number of hydrogen-bond donors (Lipinski definition) is 3. The molecular formula is C21H20ClF3N6O. The number of para-hydroxylation sites is 1. The Labute approximate surface area is 186 Å². The molecule has 1 aromatic carbocycles. The highest BCUT2D eigenvalue weighted by molar-refractivity contribution is 6.33. The lowest BCUT2D eigenvalue weighted by molar-refractivity contribution is -0.172. The maximum Gasteiger partial charge on any atom is 0.401 e. The van der Waals surface area contributed by atoms with Crippen LogP contribution < -0.4 is 15.5 Å². The molecule has 7 nitrogen and oxygen atoms in total. The van der Waals surface area contributed by atoms with Gasteiger partial charge in [0.25, 0.3) is 0 Å². The number of benzene rings is 1. The van der Waals surface area contributed by atoms with Crippen LogP contribution in [0.2, 0.25) is 5.02 Å². The molecule has 5 rings (SSSR count). The number of pyridine rings is 1. The molecule has 0 saturated carbocycles. The van der Waals surface area contributed by atoms with Crippen LogP contribution >= 0.6 is 11.6 Å². The minimum absolute atomic E-state index is 0.119. The smallest absolute Gasteiger partial charge is 0.359 e. The van der Waals surface area contributed by atoms with Crippen molar-refractivity contribution in [2.45, 2.75) is 6.18 Å². The third kappa shape index (κ3) is 4.07. The van der Waals surface area contributed by atoms with Gasteiger partial charge in [-0.15, -0.1) is 0 Å². The van der Waals surface area contributed by atoms with Gasteiger partial charge < -0.3 is 20.5 Å². The summed E-state index contributed by atoms with van der Waals surface area (Å²) < 4.78 is 37.4. The minimum Gasteiger partial charge on any atom is -0.359 e. The predicted octanol–water partition coefficient (Wildman–Crippen LogP) is 4.54. The molecule has 0 radical (unpaired) electrons. The largest absolute Gasteiger partial charge is 0.401 e. The highest BCUT2D eigenvalue weighted by Crippen LogP contribution is 2.44. The fraction of sp³-hybridized carbons (Fsp3) is 0.333. The second-order valence-electron chi connectivity index (χ2n) is 8.47. The van der Waals surface area contributed by atoms with Crippen molar-refractivity contribution in [3.05, 3.63) is 47.7 Å². The molecule has 2 saturated heterocycles. The molecule has 1 spiro atoms. The van der Waals surface area contributed by atoms with E-state index in [2.05, 4.69) is 20.6 Å². The summed E-state index contributed by atoms with van der Waals surface area (Å²) in [6.07, 6.45) is -0.939. The number of nitrogens with zero attached hydrogens (tertiary/aromatic N) is 3. The summed E-state index contributed by atoms with van der Waals surface area (Å²) in [6, 6.07) is 8.79. The molecule has 2 amide bonds. The number of aromatic amines is 1. The lowest BCUT2D eigenvalue weighted by Crippen LogP contribution is -2.73. The molecular weight excluding hydrogens is 445 g/mol. The van der Waals surface area contributed by atoms with Crippen molar-refractivity contribution in [2.24, 2.45) is 5.41 Å². The standard InChI is InChI=1S/C21H20ClF3N6O/c22-15-5-13(28-19(32)29-17-7-26-16-4-2-1-3-14(16)17)6-27-18(15)31-10-20(11-31)8-30(9-20)12-21(23,24)25/h1-7,26H,8-12H2,(H2,28,29,32). The van der Waals surface area contributed by atoms with Gasteiger partial charge in [0.1, 0.15) is 5.82 Å². The Morgan fingerprint density at radius 3 is 2.66 bits per heavy atom. The van der Waals surface area contributed by atoms with Gasteiger partial charge in [-0.25, -0.2) is 9.78 Å². The molecule has 0 atom stereocenters. The average Bonchev–Trinajstić information content (AvgIpc) is 3.05. The highest BCUT2D eigenvalue weighted by Gasteiger charge is 2.54. The number of carbonyl (C=O) groups excluding carboxylic acids is 1. The minimum atomic E-state index is -4.17. The van der Waals surface area contributed by atoms with E-state index in [0.29, 0.717) is 48.4 Å². The molecule has 11 heteroatoms. The van der Waals surface area contributed by atoms with E-state index in [-0.39, 0.29) is 5.41 Å². The van der Waals surface area contributed by atoms with E-state index in [0.717, 1.165) is 10.9 Å². The zero-order valence-electron chi connectivity index (χ0n) is 16.8. The number of aromatic nitrogens is 2. The van der Waals surface area contributed by atoms with Crippen molar-refractivity contribution < 1.29 is 18.0 Å². The zero-order valence-corrected chi connectivity index (χ0v) is 17.6.